The van der Waals surface area contributed by atoms with Crippen LogP contribution in [0.4, 0.5) is 0 Å². The number of carbonyl (C=O) groups excluding carboxylic acids is 2. The predicted molar refractivity (Wildman–Crippen MR) is 128 cm³/mol. The van der Waals surface area contributed by atoms with E-state index in [2.05, 4.69) is 40.8 Å². The average Bonchev–Trinajstić information content (AvgIpc) is 3.00. The van der Waals surface area contributed by atoms with E-state index in [0.29, 0.717) is 32.6 Å². The molecule has 1 aliphatic rings. The summed E-state index contributed by atoms with van der Waals surface area (Å²) in [5.74, 6) is -0.198. The fourth-order valence-corrected chi connectivity index (χ4v) is 4.21. The van der Waals surface area contributed by atoms with Crippen molar-refractivity contribution in [1.29, 1.82) is 0 Å². The zero-order valence-corrected chi connectivity index (χ0v) is 18.6. The molecule has 0 bridgehead atoms. The fourth-order valence-electron chi connectivity index (χ4n) is 4.21. The summed E-state index contributed by atoms with van der Waals surface area (Å²) >= 11 is 0. The first kappa shape index (κ1) is 22.4. The highest BCUT2D eigenvalue weighted by Gasteiger charge is 2.31. The molecule has 168 valence electrons. The minimum atomic E-state index is -0.294. The van der Waals surface area contributed by atoms with Crippen LogP contribution in [0.2, 0.25) is 0 Å². The zero-order chi connectivity index (χ0) is 23.0. The minimum Gasteiger partial charge on any atom is -0.340 e. The molecule has 1 aromatic carbocycles. The molecule has 0 radical (unpaired) electrons. The molecule has 0 saturated carbocycles. The van der Waals surface area contributed by atoms with E-state index in [9.17, 15) is 9.59 Å². The summed E-state index contributed by atoms with van der Waals surface area (Å²) < 4.78 is 0. The Balaban J connectivity index is 1.50. The van der Waals surface area contributed by atoms with E-state index < -0.39 is 0 Å². The maximum atomic E-state index is 13.3. The number of pyridine rings is 2. The molecule has 3 aromatic rings. The molecular formula is C27H28N4O2. The highest BCUT2D eigenvalue weighted by molar-refractivity contribution is 5.83. The molecule has 1 saturated heterocycles. The zero-order valence-electron chi connectivity index (χ0n) is 18.6. The van der Waals surface area contributed by atoms with Crippen LogP contribution in [-0.4, -0.2) is 57.8 Å². The summed E-state index contributed by atoms with van der Waals surface area (Å²) in [6.07, 6.45) is 9.58. The van der Waals surface area contributed by atoms with Gasteiger partial charge in [0, 0.05) is 51.0 Å². The van der Waals surface area contributed by atoms with E-state index in [1.54, 1.807) is 35.8 Å². The number of nitrogens with zero attached hydrogens (tertiary/aromatic N) is 4. The SMILES string of the molecule is C=CCN1CCN(C(=O)Cc2cccnc2)C[C@H](Cc2ccc(-c3ccncc3)cc2)C1=O. The summed E-state index contributed by atoms with van der Waals surface area (Å²) in [4.78, 5) is 38.1. The monoisotopic (exact) mass is 440 g/mol. The Morgan fingerprint density at radius 2 is 1.73 bits per heavy atom. The van der Waals surface area contributed by atoms with Crippen LogP contribution in [0.3, 0.4) is 0 Å². The minimum absolute atomic E-state index is 0.0225. The van der Waals surface area contributed by atoms with Crippen LogP contribution >= 0.6 is 0 Å². The van der Waals surface area contributed by atoms with Gasteiger partial charge in [-0.25, -0.2) is 0 Å². The molecule has 0 aliphatic carbocycles. The van der Waals surface area contributed by atoms with Gasteiger partial charge in [0.05, 0.1) is 12.3 Å². The molecule has 2 amide bonds. The van der Waals surface area contributed by atoms with E-state index in [4.69, 9.17) is 0 Å². The molecule has 0 N–H and O–H groups in total. The van der Waals surface area contributed by atoms with Crippen molar-refractivity contribution in [3.63, 3.8) is 0 Å². The van der Waals surface area contributed by atoms with E-state index in [1.807, 2.05) is 29.2 Å². The molecule has 33 heavy (non-hydrogen) atoms. The Hall–Kier alpha value is -3.80. The number of benzene rings is 1. The molecule has 0 spiro atoms. The lowest BCUT2D eigenvalue weighted by molar-refractivity contribution is -0.134. The summed E-state index contributed by atoms with van der Waals surface area (Å²) in [7, 11) is 0. The number of amides is 2. The third-order valence-electron chi connectivity index (χ3n) is 5.97. The maximum absolute atomic E-state index is 13.3. The van der Waals surface area contributed by atoms with Crippen LogP contribution < -0.4 is 0 Å². The van der Waals surface area contributed by atoms with Crippen LogP contribution in [0, 0.1) is 5.92 Å². The van der Waals surface area contributed by atoms with Gasteiger partial charge in [0.1, 0.15) is 0 Å². The summed E-state index contributed by atoms with van der Waals surface area (Å²) in [6.45, 7) is 5.73. The van der Waals surface area contributed by atoms with E-state index in [0.717, 1.165) is 22.3 Å². The fraction of sp³-hybridized carbons (Fsp3) is 0.259. The average molecular weight is 441 g/mol. The number of rotatable bonds is 7. The molecule has 6 heteroatoms. The van der Waals surface area contributed by atoms with Crippen molar-refractivity contribution in [2.75, 3.05) is 26.2 Å². The Morgan fingerprint density at radius 3 is 2.42 bits per heavy atom. The van der Waals surface area contributed by atoms with Crippen molar-refractivity contribution in [2.24, 2.45) is 5.92 Å². The Bertz CT molecular complexity index is 1080. The highest BCUT2D eigenvalue weighted by Crippen LogP contribution is 2.22. The first-order valence-electron chi connectivity index (χ1n) is 11.2. The van der Waals surface area contributed by atoms with E-state index >= 15 is 0 Å². The number of aromatic nitrogens is 2. The summed E-state index contributed by atoms with van der Waals surface area (Å²) in [5.41, 5.74) is 4.16. The number of carbonyl (C=O) groups is 2. The van der Waals surface area contributed by atoms with Gasteiger partial charge in [-0.1, -0.05) is 36.4 Å². The van der Waals surface area contributed by atoms with Crippen LogP contribution in [0.25, 0.3) is 11.1 Å². The second-order valence-corrected chi connectivity index (χ2v) is 8.28. The van der Waals surface area contributed by atoms with Gasteiger partial charge in [0.15, 0.2) is 0 Å². The third-order valence-corrected chi connectivity index (χ3v) is 5.97. The lowest BCUT2D eigenvalue weighted by atomic mass is 9.95. The first-order chi connectivity index (χ1) is 16.1. The van der Waals surface area contributed by atoms with Crippen molar-refractivity contribution in [3.8, 4) is 11.1 Å². The van der Waals surface area contributed by atoms with Gasteiger partial charge in [0.2, 0.25) is 11.8 Å². The van der Waals surface area contributed by atoms with Crippen molar-refractivity contribution in [1.82, 2.24) is 19.8 Å². The lowest BCUT2D eigenvalue weighted by Crippen LogP contribution is -2.38. The van der Waals surface area contributed by atoms with Crippen LogP contribution in [0.5, 0.6) is 0 Å². The second-order valence-electron chi connectivity index (χ2n) is 8.28. The Labute approximate surface area is 194 Å². The quantitative estimate of drug-likeness (QED) is 0.528. The predicted octanol–water partition coefficient (Wildman–Crippen LogP) is 3.40. The molecule has 2 aromatic heterocycles. The van der Waals surface area contributed by atoms with Gasteiger partial charge < -0.3 is 9.80 Å². The largest absolute Gasteiger partial charge is 0.340 e. The smallest absolute Gasteiger partial charge is 0.228 e. The van der Waals surface area contributed by atoms with Crippen molar-refractivity contribution >= 4 is 11.8 Å². The van der Waals surface area contributed by atoms with Gasteiger partial charge >= 0.3 is 0 Å². The van der Waals surface area contributed by atoms with E-state index in [1.165, 1.54) is 0 Å². The third kappa shape index (κ3) is 5.71. The maximum Gasteiger partial charge on any atom is 0.228 e. The van der Waals surface area contributed by atoms with Crippen molar-refractivity contribution in [2.45, 2.75) is 12.8 Å². The van der Waals surface area contributed by atoms with Gasteiger partial charge in [-0.2, -0.15) is 0 Å². The van der Waals surface area contributed by atoms with Gasteiger partial charge in [-0.05, 0) is 46.9 Å². The van der Waals surface area contributed by atoms with Gasteiger partial charge in [0.25, 0.3) is 0 Å². The highest BCUT2D eigenvalue weighted by atomic mass is 16.2. The molecule has 1 aliphatic heterocycles. The Kier molecular flexibility index (Phi) is 7.25. The molecule has 1 fully saturated rings. The molecule has 4 rings (SSSR count). The van der Waals surface area contributed by atoms with Crippen LogP contribution in [-0.2, 0) is 22.4 Å². The van der Waals surface area contributed by atoms with Gasteiger partial charge in [-0.3, -0.25) is 19.6 Å². The van der Waals surface area contributed by atoms with Gasteiger partial charge in [-0.15, -0.1) is 6.58 Å². The summed E-state index contributed by atoms with van der Waals surface area (Å²) in [6, 6.07) is 15.9. The number of hydrogen-bond acceptors (Lipinski definition) is 4. The molecule has 1 atom stereocenters. The molecule has 0 unspecified atom stereocenters. The normalized spacial score (nSPS) is 16.4. The van der Waals surface area contributed by atoms with E-state index in [-0.39, 0.29) is 24.2 Å². The standard InChI is InChI=1S/C27H28N4O2/c1-2-14-30-15-16-31(26(32)18-22-4-3-11-29-19-22)20-25(27(30)33)17-21-5-7-23(8-6-21)24-9-12-28-13-10-24/h2-13,19,25H,1,14-18,20H2/t25-/m0/s1. The summed E-state index contributed by atoms with van der Waals surface area (Å²) in [5, 5.41) is 0. The molecular weight excluding hydrogens is 412 g/mol. The second kappa shape index (κ2) is 10.7. The Morgan fingerprint density at radius 1 is 0.970 bits per heavy atom. The topological polar surface area (TPSA) is 66.4 Å². The first-order valence-corrected chi connectivity index (χ1v) is 11.2. The van der Waals surface area contributed by atoms with Crippen molar-refractivity contribution < 1.29 is 9.59 Å². The van der Waals surface area contributed by atoms with Crippen LogP contribution in [0.15, 0.2) is 86.0 Å². The molecule has 6 nitrogen and oxygen atoms in total. The van der Waals surface area contributed by atoms with Crippen molar-refractivity contribution in [3.05, 3.63) is 97.1 Å². The number of hydrogen-bond donors (Lipinski definition) is 0. The molecule has 3 heterocycles. The lowest BCUT2D eigenvalue weighted by Gasteiger charge is -2.24. The van der Waals surface area contributed by atoms with Crippen LogP contribution in [0.1, 0.15) is 11.1 Å².